The molecule has 1 aromatic carbocycles. The van der Waals surface area contributed by atoms with E-state index in [4.69, 9.17) is 4.98 Å². The van der Waals surface area contributed by atoms with Gasteiger partial charge >= 0.3 is 0 Å². The van der Waals surface area contributed by atoms with Gasteiger partial charge in [0.05, 0.1) is 22.5 Å². The van der Waals surface area contributed by atoms with Gasteiger partial charge in [0.2, 0.25) is 10.0 Å². The Morgan fingerprint density at radius 3 is 2.54 bits per heavy atom. The van der Waals surface area contributed by atoms with Crippen molar-refractivity contribution in [2.45, 2.75) is 31.5 Å². The predicted molar refractivity (Wildman–Crippen MR) is 106 cm³/mol. The first kappa shape index (κ1) is 19.0. The Bertz CT molecular complexity index is 992. The fourth-order valence-electron chi connectivity index (χ4n) is 2.97. The molecule has 140 valence electrons. The molecule has 0 bridgehead atoms. The first-order valence-electron chi connectivity index (χ1n) is 8.45. The lowest BCUT2D eigenvalue weighted by Gasteiger charge is -2.16. The van der Waals surface area contributed by atoms with Crippen LogP contribution in [0.4, 0.5) is 0 Å². The Balaban J connectivity index is 1.93. The Kier molecular flexibility index (Phi) is 5.47. The van der Waals surface area contributed by atoms with Crippen LogP contribution in [-0.2, 0) is 29.7 Å². The number of hydrogen-bond acceptors (Lipinski definition) is 5. The molecule has 2 aromatic heterocycles. The number of fused-ring (bicyclic) bond motifs is 1. The minimum absolute atomic E-state index is 0.272. The molecule has 0 spiro atoms. The molecule has 6 nitrogen and oxygen atoms in total. The van der Waals surface area contributed by atoms with E-state index in [-0.39, 0.29) is 4.90 Å². The summed E-state index contributed by atoms with van der Waals surface area (Å²) in [6.07, 6.45) is 0. The number of imidazole rings is 1. The molecule has 3 rings (SSSR count). The van der Waals surface area contributed by atoms with Crippen molar-refractivity contribution in [3.8, 4) is 0 Å². The maximum Gasteiger partial charge on any atom is 0.242 e. The van der Waals surface area contributed by atoms with Crippen molar-refractivity contribution in [1.29, 1.82) is 0 Å². The van der Waals surface area contributed by atoms with Gasteiger partial charge in [-0.15, -0.1) is 11.3 Å². The van der Waals surface area contributed by atoms with Crippen LogP contribution in [0.3, 0.4) is 0 Å². The summed E-state index contributed by atoms with van der Waals surface area (Å²) in [5, 5.41) is 2.08. The Hall–Kier alpha value is -1.74. The van der Waals surface area contributed by atoms with Gasteiger partial charge in [-0.1, -0.05) is 6.07 Å². The molecule has 2 heterocycles. The number of aromatic nitrogens is 2. The lowest BCUT2D eigenvalue weighted by atomic mass is 10.3. The van der Waals surface area contributed by atoms with Crippen LogP contribution in [0.25, 0.3) is 11.0 Å². The molecule has 0 saturated heterocycles. The minimum atomic E-state index is -3.46. The van der Waals surface area contributed by atoms with E-state index < -0.39 is 10.0 Å². The average Bonchev–Trinajstić information content (AvgIpc) is 3.20. The van der Waals surface area contributed by atoms with Gasteiger partial charge in [0.1, 0.15) is 5.82 Å². The fraction of sp³-hybridized carbons (Fsp3) is 0.389. The molecule has 8 heteroatoms. The second-order valence-electron chi connectivity index (χ2n) is 6.46. The van der Waals surface area contributed by atoms with Crippen molar-refractivity contribution in [3.05, 3.63) is 46.4 Å². The summed E-state index contributed by atoms with van der Waals surface area (Å²) in [6.45, 7) is 4.44. The highest BCUT2D eigenvalue weighted by atomic mass is 32.2. The number of nitrogens with zero attached hydrogens (tertiary/aromatic N) is 4. The van der Waals surface area contributed by atoms with Crippen LogP contribution in [0.5, 0.6) is 0 Å². The maximum atomic E-state index is 12.4. The molecular formula is C18H24N4O2S2. The number of sulfonamides is 1. The number of thiophene rings is 1. The van der Waals surface area contributed by atoms with E-state index in [1.165, 1.54) is 23.3 Å². The third-order valence-electron chi connectivity index (χ3n) is 4.31. The van der Waals surface area contributed by atoms with E-state index in [0.717, 1.165) is 24.4 Å². The van der Waals surface area contributed by atoms with E-state index in [2.05, 4.69) is 41.0 Å². The van der Waals surface area contributed by atoms with Crippen molar-refractivity contribution in [1.82, 2.24) is 18.8 Å². The quantitative estimate of drug-likeness (QED) is 0.620. The molecule has 3 aromatic rings. The van der Waals surface area contributed by atoms with Gasteiger partial charge < -0.3 is 4.57 Å². The van der Waals surface area contributed by atoms with Crippen molar-refractivity contribution in [3.63, 3.8) is 0 Å². The first-order chi connectivity index (χ1) is 12.3. The molecular weight excluding hydrogens is 368 g/mol. The standard InChI is InChI=1S/C18H24N4O2S2/c1-5-22-17-9-8-15(26(23,24)20(2)3)11-16(17)19-18(22)13-21(4)12-14-7-6-10-25-14/h6-11H,5,12-13H2,1-4H3. The van der Waals surface area contributed by atoms with Crippen molar-refractivity contribution < 1.29 is 8.42 Å². The third-order valence-corrected chi connectivity index (χ3v) is 6.98. The monoisotopic (exact) mass is 392 g/mol. The number of hydrogen-bond donors (Lipinski definition) is 0. The molecule has 0 saturated carbocycles. The zero-order chi connectivity index (χ0) is 18.9. The number of aryl methyl sites for hydroxylation is 1. The summed E-state index contributed by atoms with van der Waals surface area (Å²) >= 11 is 1.74. The predicted octanol–water partition coefficient (Wildman–Crippen LogP) is 3.00. The van der Waals surface area contributed by atoms with Crippen LogP contribution in [0, 0.1) is 0 Å². The first-order valence-corrected chi connectivity index (χ1v) is 10.8. The van der Waals surface area contributed by atoms with Crippen molar-refractivity contribution in [2.24, 2.45) is 0 Å². The average molecular weight is 393 g/mol. The number of rotatable bonds is 7. The lowest BCUT2D eigenvalue weighted by Crippen LogP contribution is -2.22. The Labute approximate surface area is 158 Å². The molecule has 0 aliphatic rings. The zero-order valence-electron chi connectivity index (χ0n) is 15.5. The summed E-state index contributed by atoms with van der Waals surface area (Å²) in [5.74, 6) is 0.945. The van der Waals surface area contributed by atoms with Crippen LogP contribution >= 0.6 is 11.3 Å². The largest absolute Gasteiger partial charge is 0.327 e. The molecule has 0 unspecified atom stereocenters. The smallest absolute Gasteiger partial charge is 0.242 e. The Morgan fingerprint density at radius 1 is 1.15 bits per heavy atom. The van der Waals surface area contributed by atoms with Gasteiger partial charge in [0.25, 0.3) is 0 Å². The fourth-order valence-corrected chi connectivity index (χ4v) is 4.68. The van der Waals surface area contributed by atoms with Gasteiger partial charge in [-0.2, -0.15) is 0 Å². The van der Waals surface area contributed by atoms with Crippen LogP contribution in [0.1, 0.15) is 17.6 Å². The van der Waals surface area contributed by atoms with Gasteiger partial charge in [-0.05, 0) is 43.6 Å². The minimum Gasteiger partial charge on any atom is -0.327 e. The lowest BCUT2D eigenvalue weighted by molar-refractivity contribution is 0.309. The van der Waals surface area contributed by atoms with Gasteiger partial charge in [-0.3, -0.25) is 4.90 Å². The summed E-state index contributed by atoms with van der Waals surface area (Å²) in [4.78, 5) is 8.53. The highest BCUT2D eigenvalue weighted by Gasteiger charge is 2.19. The van der Waals surface area contributed by atoms with Crippen LogP contribution in [0.2, 0.25) is 0 Å². The second kappa shape index (κ2) is 7.48. The van der Waals surface area contributed by atoms with Crippen molar-refractivity contribution >= 4 is 32.4 Å². The van der Waals surface area contributed by atoms with E-state index in [1.54, 1.807) is 23.5 Å². The third kappa shape index (κ3) is 3.68. The molecule has 0 amide bonds. The molecule has 0 radical (unpaired) electrons. The highest BCUT2D eigenvalue weighted by molar-refractivity contribution is 7.89. The van der Waals surface area contributed by atoms with E-state index >= 15 is 0 Å². The number of benzene rings is 1. The second-order valence-corrected chi connectivity index (χ2v) is 9.65. The molecule has 0 fully saturated rings. The highest BCUT2D eigenvalue weighted by Crippen LogP contribution is 2.23. The zero-order valence-corrected chi connectivity index (χ0v) is 17.1. The van der Waals surface area contributed by atoms with Gasteiger partial charge in [0.15, 0.2) is 0 Å². The topological polar surface area (TPSA) is 58.4 Å². The van der Waals surface area contributed by atoms with E-state index in [9.17, 15) is 8.42 Å². The SMILES string of the molecule is CCn1c(CN(C)Cc2cccs2)nc2cc(S(=O)(=O)N(C)C)ccc21. The molecule has 0 aliphatic heterocycles. The van der Waals surface area contributed by atoms with Crippen LogP contribution in [-0.4, -0.2) is 48.3 Å². The Morgan fingerprint density at radius 2 is 1.92 bits per heavy atom. The van der Waals surface area contributed by atoms with Crippen molar-refractivity contribution in [2.75, 3.05) is 21.1 Å². The molecule has 0 aliphatic carbocycles. The molecule has 0 N–H and O–H groups in total. The summed E-state index contributed by atoms with van der Waals surface area (Å²) < 4.78 is 28.1. The maximum absolute atomic E-state index is 12.4. The summed E-state index contributed by atoms with van der Waals surface area (Å²) in [6, 6.07) is 9.36. The van der Waals surface area contributed by atoms with E-state index in [1.807, 2.05) is 6.07 Å². The van der Waals surface area contributed by atoms with Gasteiger partial charge in [0, 0.05) is 32.1 Å². The van der Waals surface area contributed by atoms with Gasteiger partial charge in [-0.25, -0.2) is 17.7 Å². The van der Waals surface area contributed by atoms with E-state index in [0.29, 0.717) is 12.1 Å². The normalized spacial score (nSPS) is 12.5. The molecule has 26 heavy (non-hydrogen) atoms. The van der Waals surface area contributed by atoms with Crippen LogP contribution < -0.4 is 0 Å². The molecule has 0 atom stereocenters. The van der Waals surface area contributed by atoms with Crippen LogP contribution in [0.15, 0.2) is 40.6 Å². The summed E-state index contributed by atoms with van der Waals surface area (Å²) in [7, 11) is 1.68. The summed E-state index contributed by atoms with van der Waals surface area (Å²) in [5.41, 5.74) is 1.68.